The lowest BCUT2D eigenvalue weighted by molar-refractivity contribution is -0.142. The van der Waals surface area contributed by atoms with Crippen LogP contribution in [0.5, 0.6) is 0 Å². The topological polar surface area (TPSA) is 83.9 Å². The van der Waals surface area contributed by atoms with Crippen molar-refractivity contribution in [3.05, 3.63) is 65.2 Å². The Bertz CT molecular complexity index is 919. The number of ether oxygens (including phenoxy) is 1. The molecule has 6 nitrogen and oxygen atoms in total. The van der Waals surface area contributed by atoms with Crippen molar-refractivity contribution in [1.29, 1.82) is 0 Å². The van der Waals surface area contributed by atoms with Gasteiger partial charge in [0, 0.05) is 11.1 Å². The van der Waals surface area contributed by atoms with E-state index in [9.17, 15) is 19.5 Å². The number of aliphatic hydroxyl groups is 1. The van der Waals surface area contributed by atoms with Crippen LogP contribution in [0.1, 0.15) is 47.7 Å². The molecule has 1 unspecified atom stereocenters. The highest BCUT2D eigenvalue weighted by molar-refractivity contribution is 6.12. The van der Waals surface area contributed by atoms with Crippen molar-refractivity contribution in [3.8, 4) is 0 Å². The predicted octanol–water partition coefficient (Wildman–Crippen LogP) is 2.79. The number of fused-ring (bicyclic) bond motifs is 1. The number of ketones is 1. The van der Waals surface area contributed by atoms with Crippen molar-refractivity contribution >= 4 is 23.3 Å². The summed E-state index contributed by atoms with van der Waals surface area (Å²) in [6.45, 7) is 3.79. The molecular weight excluding hydrogens is 358 g/mol. The van der Waals surface area contributed by atoms with Crippen molar-refractivity contribution in [3.63, 3.8) is 0 Å². The van der Waals surface area contributed by atoms with Gasteiger partial charge in [-0.15, -0.1) is 0 Å². The van der Waals surface area contributed by atoms with Gasteiger partial charge in [0.15, 0.2) is 11.4 Å². The molecule has 3 rings (SSSR count). The predicted molar refractivity (Wildman–Crippen MR) is 104 cm³/mol. The SMILES string of the molecule is COC(=O)CN1C(=O)C(O)(CC(=O)c2ccc(C(C)C)cc2)c2ccccc21. The highest BCUT2D eigenvalue weighted by Gasteiger charge is 2.51. The van der Waals surface area contributed by atoms with Crippen molar-refractivity contribution in [2.75, 3.05) is 18.6 Å². The number of para-hydroxylation sites is 1. The van der Waals surface area contributed by atoms with Gasteiger partial charge in [0.1, 0.15) is 6.54 Å². The van der Waals surface area contributed by atoms with Gasteiger partial charge in [0.2, 0.25) is 0 Å². The quantitative estimate of drug-likeness (QED) is 0.614. The molecule has 1 aliphatic rings. The Hall–Kier alpha value is -2.99. The number of esters is 1. The van der Waals surface area contributed by atoms with E-state index in [1.54, 1.807) is 36.4 Å². The van der Waals surface area contributed by atoms with Gasteiger partial charge in [0.05, 0.1) is 19.2 Å². The van der Waals surface area contributed by atoms with Crippen LogP contribution in [0.4, 0.5) is 5.69 Å². The lowest BCUT2D eigenvalue weighted by atomic mass is 9.87. The van der Waals surface area contributed by atoms with Crippen molar-refractivity contribution < 1.29 is 24.2 Å². The summed E-state index contributed by atoms with van der Waals surface area (Å²) in [5.41, 5.74) is 0.231. The molecule has 28 heavy (non-hydrogen) atoms. The molecule has 0 bridgehead atoms. The van der Waals surface area contributed by atoms with Crippen LogP contribution < -0.4 is 4.90 Å². The summed E-state index contributed by atoms with van der Waals surface area (Å²) in [6, 6.07) is 13.8. The van der Waals surface area contributed by atoms with E-state index in [1.807, 2.05) is 12.1 Å². The van der Waals surface area contributed by atoms with Gasteiger partial charge >= 0.3 is 5.97 Å². The van der Waals surface area contributed by atoms with Crippen molar-refractivity contribution in [1.82, 2.24) is 0 Å². The molecule has 0 aliphatic carbocycles. The molecule has 1 heterocycles. The minimum absolute atomic E-state index is 0.316. The maximum atomic E-state index is 13.0. The van der Waals surface area contributed by atoms with E-state index < -0.39 is 23.9 Å². The molecule has 2 aromatic carbocycles. The monoisotopic (exact) mass is 381 g/mol. The number of rotatable bonds is 6. The average molecular weight is 381 g/mol. The fourth-order valence-corrected chi connectivity index (χ4v) is 3.42. The van der Waals surface area contributed by atoms with Gasteiger partial charge in [-0.05, 0) is 17.5 Å². The zero-order valence-electron chi connectivity index (χ0n) is 16.1. The molecule has 0 radical (unpaired) electrons. The molecule has 0 fully saturated rings. The van der Waals surface area contributed by atoms with E-state index in [0.717, 1.165) is 10.5 Å². The number of hydrogen-bond donors (Lipinski definition) is 1. The molecule has 1 amide bonds. The van der Waals surface area contributed by atoms with E-state index >= 15 is 0 Å². The van der Waals surface area contributed by atoms with Crippen LogP contribution in [0.2, 0.25) is 0 Å². The Morgan fingerprint density at radius 1 is 1.11 bits per heavy atom. The first-order valence-corrected chi connectivity index (χ1v) is 9.11. The van der Waals surface area contributed by atoms with Crippen LogP contribution >= 0.6 is 0 Å². The number of Topliss-reactive ketones (excluding diaryl/α,β-unsaturated/α-hetero) is 1. The summed E-state index contributed by atoms with van der Waals surface area (Å²) in [5, 5.41) is 11.2. The van der Waals surface area contributed by atoms with Crippen LogP contribution in [-0.4, -0.2) is 36.4 Å². The molecule has 146 valence electrons. The average Bonchev–Trinajstić information content (AvgIpc) is 2.90. The Morgan fingerprint density at radius 3 is 2.36 bits per heavy atom. The third kappa shape index (κ3) is 3.43. The summed E-state index contributed by atoms with van der Waals surface area (Å²) in [6.07, 6.45) is -0.401. The van der Waals surface area contributed by atoms with Gasteiger partial charge in [-0.25, -0.2) is 0 Å². The molecule has 1 N–H and O–H groups in total. The molecule has 1 atom stereocenters. The number of anilines is 1. The van der Waals surface area contributed by atoms with Gasteiger partial charge in [-0.3, -0.25) is 19.3 Å². The van der Waals surface area contributed by atoms with E-state index in [-0.39, 0.29) is 12.3 Å². The second kappa shape index (κ2) is 7.56. The molecule has 6 heteroatoms. The molecule has 0 saturated carbocycles. The lowest BCUT2D eigenvalue weighted by Gasteiger charge is -2.22. The van der Waals surface area contributed by atoms with Crippen molar-refractivity contribution in [2.24, 2.45) is 0 Å². The summed E-state index contributed by atoms with van der Waals surface area (Å²) >= 11 is 0. The number of carbonyl (C=O) groups excluding carboxylic acids is 3. The van der Waals surface area contributed by atoms with Crippen LogP contribution in [0.15, 0.2) is 48.5 Å². The van der Waals surface area contributed by atoms with E-state index in [2.05, 4.69) is 18.6 Å². The van der Waals surface area contributed by atoms with Crippen LogP contribution in [0.3, 0.4) is 0 Å². The first-order valence-electron chi connectivity index (χ1n) is 9.11. The fraction of sp³-hybridized carbons (Fsp3) is 0.318. The first-order chi connectivity index (χ1) is 13.3. The summed E-state index contributed by atoms with van der Waals surface area (Å²) in [5.74, 6) is -1.32. The Kier molecular flexibility index (Phi) is 5.34. The molecule has 1 aliphatic heterocycles. The highest BCUT2D eigenvalue weighted by atomic mass is 16.5. The summed E-state index contributed by atoms with van der Waals surface area (Å²) in [7, 11) is 1.23. The minimum Gasteiger partial charge on any atom is -0.468 e. The smallest absolute Gasteiger partial charge is 0.325 e. The Balaban J connectivity index is 1.91. The third-order valence-corrected chi connectivity index (χ3v) is 5.07. The standard InChI is InChI=1S/C22H23NO5/c1-14(2)15-8-10-16(11-9-15)19(24)12-22(27)17-6-4-5-7-18(17)23(21(22)26)13-20(25)28-3/h4-11,14,27H,12-13H2,1-3H3. The number of nitrogens with zero attached hydrogens (tertiary/aromatic N) is 1. The summed E-state index contributed by atoms with van der Waals surface area (Å²) < 4.78 is 4.64. The van der Waals surface area contributed by atoms with Crippen molar-refractivity contribution in [2.45, 2.75) is 31.8 Å². The van der Waals surface area contributed by atoms with Crippen LogP contribution in [0.25, 0.3) is 0 Å². The molecule has 2 aromatic rings. The van der Waals surface area contributed by atoms with E-state index in [1.165, 1.54) is 7.11 Å². The number of amides is 1. The Morgan fingerprint density at radius 2 is 1.75 bits per heavy atom. The number of benzene rings is 2. The van der Waals surface area contributed by atoms with E-state index in [0.29, 0.717) is 22.7 Å². The zero-order valence-corrected chi connectivity index (χ0v) is 16.1. The molecule has 0 saturated heterocycles. The van der Waals surface area contributed by atoms with Gasteiger partial charge in [0.25, 0.3) is 5.91 Å². The number of hydrogen-bond acceptors (Lipinski definition) is 5. The second-order valence-corrected chi connectivity index (χ2v) is 7.22. The molecule has 0 spiro atoms. The van der Waals surface area contributed by atoms with Gasteiger partial charge in [-0.2, -0.15) is 0 Å². The lowest BCUT2D eigenvalue weighted by Crippen LogP contribution is -2.43. The highest BCUT2D eigenvalue weighted by Crippen LogP contribution is 2.42. The van der Waals surface area contributed by atoms with Gasteiger partial charge in [-0.1, -0.05) is 56.3 Å². The number of carbonyl (C=O) groups is 3. The number of methoxy groups -OCH3 is 1. The third-order valence-electron chi connectivity index (χ3n) is 5.07. The van der Waals surface area contributed by atoms with Crippen LogP contribution in [0, 0.1) is 0 Å². The Labute approximate surface area is 163 Å². The fourth-order valence-electron chi connectivity index (χ4n) is 3.42. The summed E-state index contributed by atoms with van der Waals surface area (Å²) in [4.78, 5) is 38.6. The largest absolute Gasteiger partial charge is 0.468 e. The molecule has 0 aromatic heterocycles. The zero-order chi connectivity index (χ0) is 20.5. The van der Waals surface area contributed by atoms with Gasteiger partial charge < -0.3 is 9.84 Å². The molecular formula is C22H23NO5. The van der Waals surface area contributed by atoms with Crippen LogP contribution in [-0.2, 0) is 19.9 Å². The maximum Gasteiger partial charge on any atom is 0.325 e. The minimum atomic E-state index is -2.02. The van der Waals surface area contributed by atoms with E-state index in [4.69, 9.17) is 0 Å². The first kappa shape index (κ1) is 19.8. The normalized spacial score (nSPS) is 18.3. The maximum absolute atomic E-state index is 13.0. The second-order valence-electron chi connectivity index (χ2n) is 7.22.